The molecule has 0 aromatic carbocycles. The van der Waals surface area contributed by atoms with Crippen LogP contribution in [0.4, 0.5) is 13.2 Å². The topological polar surface area (TPSA) is 20.3 Å². The fraction of sp³-hybridized carbons (Fsp3) is 0.818. The number of hydrogen-bond donors (Lipinski definition) is 0. The van der Waals surface area contributed by atoms with Gasteiger partial charge < -0.3 is 4.57 Å². The molecular weight excluding hydrogens is 286 g/mol. The number of nitrogens with zero attached hydrogens (tertiary/aromatic N) is 1. The molecule has 0 aromatic rings. The summed E-state index contributed by atoms with van der Waals surface area (Å²) in [6.07, 6.45) is -4.66. The average molecular weight is 306 g/mol. The normalized spacial score (nSPS) is 18.0. The molecular formula is C11H20ClF3NOP. The van der Waals surface area contributed by atoms with E-state index in [1.54, 1.807) is 39.3 Å². The molecule has 0 aromatic heterocycles. The molecule has 0 amide bonds. The molecule has 1 unspecified atom stereocenters. The molecule has 0 fully saturated rings. The van der Waals surface area contributed by atoms with Crippen molar-refractivity contribution >= 4 is 18.9 Å². The largest absolute Gasteiger partial charge is 0.427 e. The highest BCUT2D eigenvalue weighted by Crippen LogP contribution is 2.63. The highest BCUT2D eigenvalue weighted by Gasteiger charge is 2.43. The lowest BCUT2D eigenvalue weighted by Crippen LogP contribution is -2.29. The van der Waals surface area contributed by atoms with Crippen molar-refractivity contribution in [2.24, 2.45) is 0 Å². The second kappa shape index (κ2) is 5.98. The quantitative estimate of drug-likeness (QED) is 0.678. The van der Waals surface area contributed by atoms with E-state index in [-0.39, 0.29) is 0 Å². The van der Waals surface area contributed by atoms with Gasteiger partial charge in [0.15, 0.2) is 7.29 Å². The van der Waals surface area contributed by atoms with Gasteiger partial charge in [0.25, 0.3) is 0 Å². The summed E-state index contributed by atoms with van der Waals surface area (Å²) in [5.74, 6) is 0.696. The van der Waals surface area contributed by atoms with Crippen LogP contribution in [-0.2, 0) is 4.57 Å². The molecule has 0 aliphatic heterocycles. The second-order valence-corrected chi connectivity index (χ2v) is 8.73. The molecule has 0 saturated carbocycles. The zero-order valence-electron chi connectivity index (χ0n) is 11.3. The Hall–Kier alpha value is 0.01000. The van der Waals surface area contributed by atoms with Gasteiger partial charge in [0.2, 0.25) is 0 Å². The highest BCUT2D eigenvalue weighted by molar-refractivity contribution is 7.66. The van der Waals surface area contributed by atoms with Crippen LogP contribution in [0.2, 0.25) is 0 Å². The second-order valence-electron chi connectivity index (χ2n) is 4.91. The lowest BCUT2D eigenvalue weighted by Gasteiger charge is -2.37. The van der Waals surface area contributed by atoms with Crippen molar-refractivity contribution in [1.29, 1.82) is 0 Å². The number of allylic oxidation sites excluding steroid dienone is 1. The molecule has 0 N–H and O–H groups in total. The summed E-state index contributed by atoms with van der Waals surface area (Å²) < 4.78 is 52.0. The van der Waals surface area contributed by atoms with Crippen molar-refractivity contribution in [2.75, 3.05) is 13.1 Å². The molecule has 0 saturated heterocycles. The predicted molar refractivity (Wildman–Crippen MR) is 70.3 cm³/mol. The molecule has 7 heteroatoms. The lowest BCUT2D eigenvalue weighted by molar-refractivity contribution is -0.0844. The smallest absolute Gasteiger partial charge is 0.301 e. The molecule has 0 heterocycles. The molecule has 2 nitrogen and oxygen atoms in total. The van der Waals surface area contributed by atoms with Crippen molar-refractivity contribution in [3.63, 3.8) is 0 Å². The van der Waals surface area contributed by atoms with E-state index in [0.717, 1.165) is 0 Å². The Morgan fingerprint density at radius 3 is 1.83 bits per heavy atom. The van der Waals surface area contributed by atoms with Crippen molar-refractivity contribution in [1.82, 2.24) is 4.67 Å². The minimum absolute atomic E-state index is 0.406. The van der Waals surface area contributed by atoms with Crippen LogP contribution >= 0.6 is 18.9 Å². The molecule has 1 atom stereocenters. The SMILES string of the molecule is CCN(CC)P(=O)(/C=C(\Cl)C(F)(F)F)C(C)(C)C. The Balaban J connectivity index is 5.75. The first kappa shape index (κ1) is 18.0. The van der Waals surface area contributed by atoms with Crippen LogP contribution < -0.4 is 0 Å². The van der Waals surface area contributed by atoms with Gasteiger partial charge in [-0.3, -0.25) is 4.67 Å². The number of alkyl halides is 3. The third-order valence-electron chi connectivity index (χ3n) is 2.67. The fourth-order valence-electron chi connectivity index (χ4n) is 1.57. The molecule has 0 spiro atoms. The van der Waals surface area contributed by atoms with Gasteiger partial charge in [-0.05, 0) is 0 Å². The van der Waals surface area contributed by atoms with Gasteiger partial charge >= 0.3 is 6.18 Å². The molecule has 0 bridgehead atoms. The van der Waals surface area contributed by atoms with Crippen molar-refractivity contribution < 1.29 is 17.7 Å². The predicted octanol–water partition coefficient (Wildman–Crippen LogP) is 5.05. The van der Waals surface area contributed by atoms with Crippen molar-refractivity contribution in [3.8, 4) is 0 Å². The van der Waals surface area contributed by atoms with Crippen LogP contribution in [0, 0.1) is 0 Å². The molecule has 18 heavy (non-hydrogen) atoms. The fourth-order valence-corrected chi connectivity index (χ4v) is 4.66. The number of halogens is 4. The van der Waals surface area contributed by atoms with Gasteiger partial charge in [0.05, 0.1) is 0 Å². The van der Waals surface area contributed by atoms with Crippen molar-refractivity contribution in [3.05, 3.63) is 10.8 Å². The van der Waals surface area contributed by atoms with E-state index < -0.39 is 23.7 Å². The van der Waals surface area contributed by atoms with E-state index in [1.165, 1.54) is 0 Å². The van der Waals surface area contributed by atoms with Gasteiger partial charge in [0, 0.05) is 24.1 Å². The summed E-state index contributed by atoms with van der Waals surface area (Å²) in [6, 6.07) is 0. The maximum absolute atomic E-state index is 12.9. The minimum atomic E-state index is -4.66. The van der Waals surface area contributed by atoms with Crippen molar-refractivity contribution in [2.45, 2.75) is 46.0 Å². The number of rotatable bonds is 4. The Bertz CT molecular complexity index is 356. The third kappa shape index (κ3) is 4.01. The summed E-state index contributed by atoms with van der Waals surface area (Å²) in [7, 11) is -3.35. The first-order valence-corrected chi connectivity index (χ1v) is 7.81. The van der Waals surface area contributed by atoms with Crippen LogP contribution in [0.3, 0.4) is 0 Å². The zero-order valence-corrected chi connectivity index (χ0v) is 13.0. The summed E-state index contributed by atoms with van der Waals surface area (Å²) >= 11 is 5.24. The lowest BCUT2D eigenvalue weighted by atomic mass is 10.3. The maximum atomic E-state index is 12.9. The summed E-state index contributed by atoms with van der Waals surface area (Å²) in [4.78, 5) is 0. The molecule has 0 radical (unpaired) electrons. The van der Waals surface area contributed by atoms with Gasteiger partial charge in [-0.15, -0.1) is 0 Å². The Kier molecular flexibility index (Phi) is 5.98. The van der Waals surface area contributed by atoms with Gasteiger partial charge in [-0.1, -0.05) is 46.2 Å². The first-order chi connectivity index (χ1) is 7.90. The standard InChI is InChI=1S/C11H20ClF3NOP/c1-6-16(7-2)18(17,10(3,4)5)8-9(12)11(13,14)15/h8H,6-7H2,1-5H3/b9-8-. The molecule has 0 rings (SSSR count). The van der Waals surface area contributed by atoms with E-state index >= 15 is 0 Å². The van der Waals surface area contributed by atoms with Crippen LogP contribution in [0.5, 0.6) is 0 Å². The van der Waals surface area contributed by atoms with Gasteiger partial charge in [-0.25, -0.2) is 0 Å². The zero-order chi connectivity index (χ0) is 14.8. The summed E-state index contributed by atoms with van der Waals surface area (Å²) in [6.45, 7) is 9.30. The van der Waals surface area contributed by atoms with Gasteiger partial charge in [0.1, 0.15) is 5.03 Å². The highest BCUT2D eigenvalue weighted by atomic mass is 35.5. The first-order valence-electron chi connectivity index (χ1n) is 5.71. The monoisotopic (exact) mass is 305 g/mol. The van der Waals surface area contributed by atoms with E-state index in [0.29, 0.717) is 18.9 Å². The third-order valence-corrected chi connectivity index (χ3v) is 7.08. The Morgan fingerprint density at radius 1 is 1.22 bits per heavy atom. The summed E-state index contributed by atoms with van der Waals surface area (Å²) in [5.41, 5.74) is 0. The maximum Gasteiger partial charge on any atom is 0.427 e. The molecule has 108 valence electrons. The van der Waals surface area contributed by atoms with E-state index in [2.05, 4.69) is 0 Å². The summed E-state index contributed by atoms with van der Waals surface area (Å²) in [5, 5.41) is -2.11. The molecule has 0 aliphatic rings. The Morgan fingerprint density at radius 2 is 1.61 bits per heavy atom. The number of hydrogen-bond acceptors (Lipinski definition) is 1. The minimum Gasteiger partial charge on any atom is -0.301 e. The van der Waals surface area contributed by atoms with Gasteiger partial charge in [-0.2, -0.15) is 13.2 Å². The van der Waals surface area contributed by atoms with E-state index in [9.17, 15) is 17.7 Å². The van der Waals surface area contributed by atoms with Crippen LogP contribution in [0.1, 0.15) is 34.6 Å². The van der Waals surface area contributed by atoms with Crippen LogP contribution in [0.25, 0.3) is 0 Å². The van der Waals surface area contributed by atoms with Crippen LogP contribution in [-0.4, -0.2) is 29.1 Å². The van der Waals surface area contributed by atoms with Crippen LogP contribution in [0.15, 0.2) is 10.8 Å². The average Bonchev–Trinajstić information content (AvgIpc) is 2.16. The molecule has 0 aliphatic carbocycles. The van der Waals surface area contributed by atoms with E-state index in [1.807, 2.05) is 0 Å². The van der Waals surface area contributed by atoms with E-state index in [4.69, 9.17) is 11.6 Å². The Labute approximate surface area is 112 Å².